The third kappa shape index (κ3) is 1.88. The van der Waals surface area contributed by atoms with Crippen LogP contribution in [0.4, 0.5) is 5.69 Å². The van der Waals surface area contributed by atoms with Gasteiger partial charge in [0, 0.05) is 18.7 Å². The van der Waals surface area contributed by atoms with E-state index in [1.165, 1.54) is 0 Å². The van der Waals surface area contributed by atoms with Crippen LogP contribution >= 0.6 is 0 Å². The fourth-order valence-corrected chi connectivity index (χ4v) is 2.88. The number of nitrogens with zero attached hydrogens (tertiary/aromatic N) is 2. The highest BCUT2D eigenvalue weighted by Gasteiger charge is 2.42. The summed E-state index contributed by atoms with van der Waals surface area (Å²) in [5.74, 6) is 0.296. The van der Waals surface area contributed by atoms with Crippen LogP contribution < -0.4 is 5.32 Å². The summed E-state index contributed by atoms with van der Waals surface area (Å²) in [6, 6.07) is 4.67. The number of aromatic nitrogens is 1. The van der Waals surface area contributed by atoms with Gasteiger partial charge in [-0.05, 0) is 31.9 Å². The van der Waals surface area contributed by atoms with Crippen LogP contribution in [0.2, 0.25) is 0 Å². The number of amides is 1. The average Bonchev–Trinajstić information content (AvgIpc) is 2.88. The zero-order chi connectivity index (χ0) is 11.8. The summed E-state index contributed by atoms with van der Waals surface area (Å²) in [7, 11) is 0. The highest BCUT2D eigenvalue weighted by atomic mass is 16.2. The van der Waals surface area contributed by atoms with Crippen molar-refractivity contribution in [1.29, 1.82) is 0 Å². The number of rotatable bonds is 2. The number of aryl methyl sites for hydroxylation is 1. The smallest absolute Gasteiger partial charge is 0.225 e. The molecule has 2 fully saturated rings. The van der Waals surface area contributed by atoms with E-state index in [-0.39, 0.29) is 6.04 Å². The Morgan fingerprint density at radius 1 is 1.47 bits per heavy atom. The van der Waals surface area contributed by atoms with Crippen LogP contribution in [0.5, 0.6) is 0 Å². The summed E-state index contributed by atoms with van der Waals surface area (Å²) in [6.45, 7) is 2.91. The summed E-state index contributed by atoms with van der Waals surface area (Å²) in [5.41, 5.74) is 2.03. The van der Waals surface area contributed by atoms with E-state index in [0.717, 1.165) is 30.8 Å². The molecular weight excluding hydrogens is 214 g/mol. The van der Waals surface area contributed by atoms with Crippen molar-refractivity contribution < 1.29 is 4.79 Å². The molecule has 90 valence electrons. The number of pyridine rings is 1. The van der Waals surface area contributed by atoms with Crippen molar-refractivity contribution >= 4 is 11.6 Å². The van der Waals surface area contributed by atoms with E-state index in [9.17, 15) is 4.79 Å². The van der Waals surface area contributed by atoms with Crippen molar-refractivity contribution in [2.75, 3.05) is 11.9 Å². The first kappa shape index (κ1) is 10.6. The van der Waals surface area contributed by atoms with Crippen LogP contribution in [0.1, 0.15) is 25.0 Å². The van der Waals surface area contributed by atoms with Crippen molar-refractivity contribution in [1.82, 2.24) is 9.88 Å². The lowest BCUT2D eigenvalue weighted by molar-refractivity contribution is -0.127. The zero-order valence-electron chi connectivity index (χ0n) is 10.0. The molecule has 2 aliphatic heterocycles. The second-order valence-corrected chi connectivity index (χ2v) is 4.94. The Morgan fingerprint density at radius 3 is 3.12 bits per heavy atom. The third-order valence-electron chi connectivity index (χ3n) is 3.74. The molecule has 0 aliphatic carbocycles. The number of hydrogen-bond donors (Lipinski definition) is 1. The lowest BCUT2D eigenvalue weighted by Gasteiger charge is -2.21. The molecule has 4 nitrogen and oxygen atoms in total. The van der Waals surface area contributed by atoms with Gasteiger partial charge in [0.15, 0.2) is 0 Å². The molecule has 0 spiro atoms. The van der Waals surface area contributed by atoms with Crippen LogP contribution in [-0.4, -0.2) is 34.4 Å². The Bertz CT molecular complexity index is 429. The van der Waals surface area contributed by atoms with Gasteiger partial charge < -0.3 is 10.2 Å². The number of carbonyl (C=O) groups is 1. The first-order valence-corrected chi connectivity index (χ1v) is 6.23. The van der Waals surface area contributed by atoms with Gasteiger partial charge in [0.2, 0.25) is 5.91 Å². The zero-order valence-corrected chi connectivity index (χ0v) is 10.0. The number of anilines is 1. The fraction of sp³-hybridized carbons (Fsp3) is 0.538. The lowest BCUT2D eigenvalue weighted by Crippen LogP contribution is -2.34. The Kier molecular flexibility index (Phi) is 2.50. The van der Waals surface area contributed by atoms with Gasteiger partial charge >= 0.3 is 0 Å². The van der Waals surface area contributed by atoms with Crippen molar-refractivity contribution in [3.63, 3.8) is 0 Å². The van der Waals surface area contributed by atoms with E-state index in [1.807, 2.05) is 30.2 Å². The quantitative estimate of drug-likeness (QED) is 0.840. The van der Waals surface area contributed by atoms with Gasteiger partial charge in [-0.3, -0.25) is 9.78 Å². The highest BCUT2D eigenvalue weighted by Crippen LogP contribution is 2.30. The van der Waals surface area contributed by atoms with Crippen molar-refractivity contribution in [3.05, 3.63) is 24.0 Å². The Morgan fingerprint density at radius 2 is 2.35 bits per heavy atom. The monoisotopic (exact) mass is 231 g/mol. The maximum Gasteiger partial charge on any atom is 0.225 e. The minimum absolute atomic E-state index is 0.259. The van der Waals surface area contributed by atoms with Crippen LogP contribution in [0.25, 0.3) is 0 Å². The average molecular weight is 231 g/mol. The van der Waals surface area contributed by atoms with Gasteiger partial charge in [-0.15, -0.1) is 0 Å². The molecule has 0 bridgehead atoms. The summed E-state index contributed by atoms with van der Waals surface area (Å²) < 4.78 is 0. The minimum atomic E-state index is 0.259. The summed E-state index contributed by atoms with van der Waals surface area (Å²) in [6.07, 6.45) is 4.74. The molecule has 2 unspecified atom stereocenters. The van der Waals surface area contributed by atoms with Crippen molar-refractivity contribution in [2.45, 2.75) is 38.3 Å². The topological polar surface area (TPSA) is 45.2 Å². The summed E-state index contributed by atoms with van der Waals surface area (Å²) >= 11 is 0. The molecule has 1 aromatic heterocycles. The molecule has 3 heterocycles. The van der Waals surface area contributed by atoms with E-state index in [1.54, 1.807) is 0 Å². The van der Waals surface area contributed by atoms with Gasteiger partial charge in [-0.2, -0.15) is 0 Å². The Balaban J connectivity index is 1.73. The molecule has 1 N–H and O–H groups in total. The van der Waals surface area contributed by atoms with E-state index in [2.05, 4.69) is 10.3 Å². The van der Waals surface area contributed by atoms with Gasteiger partial charge in [-0.25, -0.2) is 0 Å². The number of hydrogen-bond acceptors (Lipinski definition) is 3. The van der Waals surface area contributed by atoms with Crippen LogP contribution in [-0.2, 0) is 4.79 Å². The van der Waals surface area contributed by atoms with Crippen LogP contribution in [0.3, 0.4) is 0 Å². The molecular formula is C13H17N3O. The van der Waals surface area contributed by atoms with Crippen LogP contribution in [0, 0.1) is 6.92 Å². The first-order chi connectivity index (χ1) is 8.24. The first-order valence-electron chi connectivity index (χ1n) is 6.23. The lowest BCUT2D eigenvalue weighted by atomic mass is 10.1. The largest absolute Gasteiger partial charge is 0.378 e. The van der Waals surface area contributed by atoms with E-state index >= 15 is 0 Å². The molecule has 1 aromatic rings. The van der Waals surface area contributed by atoms with Crippen LogP contribution in [0.15, 0.2) is 18.3 Å². The standard InChI is InChI=1S/C13H17N3O/c1-9-4-5-10(8-14-9)15-11-7-13(17)16-6-2-3-12(11)16/h4-5,8,11-12,15H,2-3,6-7H2,1H3. The molecule has 0 aromatic carbocycles. The molecule has 2 atom stereocenters. The molecule has 17 heavy (non-hydrogen) atoms. The van der Waals surface area contributed by atoms with Gasteiger partial charge in [0.25, 0.3) is 0 Å². The van der Waals surface area contributed by atoms with Crippen molar-refractivity contribution in [2.24, 2.45) is 0 Å². The highest BCUT2D eigenvalue weighted by molar-refractivity contribution is 5.81. The number of nitrogens with one attached hydrogen (secondary N) is 1. The summed E-state index contributed by atoms with van der Waals surface area (Å²) in [4.78, 5) is 18.1. The van der Waals surface area contributed by atoms with E-state index < -0.39 is 0 Å². The van der Waals surface area contributed by atoms with Gasteiger partial charge in [-0.1, -0.05) is 0 Å². The van der Waals surface area contributed by atoms with Gasteiger partial charge in [0.1, 0.15) is 0 Å². The Labute approximate surface area is 101 Å². The molecule has 1 amide bonds. The predicted molar refractivity (Wildman–Crippen MR) is 65.7 cm³/mol. The molecule has 0 saturated carbocycles. The fourth-order valence-electron chi connectivity index (χ4n) is 2.88. The molecule has 2 saturated heterocycles. The third-order valence-corrected chi connectivity index (χ3v) is 3.74. The SMILES string of the molecule is Cc1ccc(NC2CC(=O)N3CCCC23)cn1. The maximum atomic E-state index is 11.8. The summed E-state index contributed by atoms with van der Waals surface area (Å²) in [5, 5.41) is 3.44. The number of fused-ring (bicyclic) bond motifs is 1. The minimum Gasteiger partial charge on any atom is -0.378 e. The second kappa shape index (κ2) is 4.02. The van der Waals surface area contributed by atoms with Gasteiger partial charge in [0.05, 0.1) is 24.0 Å². The van der Waals surface area contributed by atoms with Crippen molar-refractivity contribution in [3.8, 4) is 0 Å². The molecule has 0 radical (unpaired) electrons. The predicted octanol–water partition coefficient (Wildman–Crippen LogP) is 1.57. The maximum absolute atomic E-state index is 11.8. The molecule has 2 aliphatic rings. The van der Waals surface area contributed by atoms with E-state index in [0.29, 0.717) is 18.4 Å². The normalized spacial score (nSPS) is 27.4. The Hall–Kier alpha value is -1.58. The van der Waals surface area contributed by atoms with E-state index in [4.69, 9.17) is 0 Å². The molecule has 4 heteroatoms. The molecule has 3 rings (SSSR count). The second-order valence-electron chi connectivity index (χ2n) is 4.94. The number of carbonyl (C=O) groups excluding carboxylic acids is 1.